The van der Waals surface area contributed by atoms with Gasteiger partial charge in [-0.1, -0.05) is 40.9 Å². The first-order valence-corrected chi connectivity index (χ1v) is 11.2. The van der Waals surface area contributed by atoms with Gasteiger partial charge in [0.15, 0.2) is 6.61 Å². The molecular weight excluding hydrogens is 477 g/mol. The monoisotopic (exact) mass is 499 g/mol. The van der Waals surface area contributed by atoms with E-state index in [-0.39, 0.29) is 37.4 Å². The molecule has 34 heavy (non-hydrogen) atoms. The second kappa shape index (κ2) is 12.1. The van der Waals surface area contributed by atoms with Gasteiger partial charge in [-0.25, -0.2) is 0 Å². The molecule has 3 aromatic carbocycles. The summed E-state index contributed by atoms with van der Waals surface area (Å²) >= 11 is 11.8. The molecule has 0 aliphatic carbocycles. The summed E-state index contributed by atoms with van der Waals surface area (Å²) in [5.74, 6) is -0.521. The number of hydrogen-bond donors (Lipinski definition) is 3. The Balaban J connectivity index is 1.37. The van der Waals surface area contributed by atoms with Crippen molar-refractivity contribution in [1.29, 1.82) is 0 Å². The summed E-state index contributed by atoms with van der Waals surface area (Å²) in [5.41, 5.74) is 2.63. The smallest absolute Gasteiger partial charge is 0.258 e. The lowest BCUT2D eigenvalue weighted by Crippen LogP contribution is -2.36. The predicted molar refractivity (Wildman–Crippen MR) is 133 cm³/mol. The van der Waals surface area contributed by atoms with Crippen LogP contribution in [0.15, 0.2) is 66.7 Å². The molecule has 9 heteroatoms. The van der Waals surface area contributed by atoms with E-state index in [1.807, 2.05) is 19.1 Å². The molecule has 0 heterocycles. The molecule has 0 atom stereocenters. The van der Waals surface area contributed by atoms with Crippen LogP contribution in [0.25, 0.3) is 0 Å². The Kier molecular flexibility index (Phi) is 8.90. The fraction of sp³-hybridized carbons (Fsp3) is 0.160. The van der Waals surface area contributed by atoms with Gasteiger partial charge in [0.25, 0.3) is 17.7 Å². The van der Waals surface area contributed by atoms with Crippen molar-refractivity contribution in [2.24, 2.45) is 0 Å². The number of hydrogen-bond acceptors (Lipinski definition) is 4. The Labute approximate surface area is 207 Å². The van der Waals surface area contributed by atoms with Crippen molar-refractivity contribution in [3.05, 3.63) is 93.5 Å². The molecule has 3 rings (SSSR count). The van der Waals surface area contributed by atoms with Crippen LogP contribution in [-0.4, -0.2) is 37.4 Å². The van der Waals surface area contributed by atoms with Gasteiger partial charge in [-0.15, -0.1) is 0 Å². The fourth-order valence-corrected chi connectivity index (χ4v) is 3.34. The molecule has 0 aliphatic heterocycles. The van der Waals surface area contributed by atoms with E-state index >= 15 is 0 Å². The number of ether oxygens (including phenoxy) is 1. The average molecular weight is 500 g/mol. The van der Waals surface area contributed by atoms with E-state index in [9.17, 15) is 14.4 Å². The molecule has 176 valence electrons. The molecule has 0 radical (unpaired) electrons. The molecule has 0 aliphatic rings. The average Bonchev–Trinajstić information content (AvgIpc) is 2.82. The Morgan fingerprint density at radius 3 is 2.09 bits per heavy atom. The summed E-state index contributed by atoms with van der Waals surface area (Å²) in [6.07, 6.45) is 0. The maximum atomic E-state index is 12.3. The quantitative estimate of drug-likeness (QED) is 0.378. The lowest BCUT2D eigenvalue weighted by Gasteiger charge is -2.10. The Morgan fingerprint density at radius 2 is 1.41 bits per heavy atom. The van der Waals surface area contributed by atoms with Crippen LogP contribution in [0.5, 0.6) is 5.75 Å². The summed E-state index contributed by atoms with van der Waals surface area (Å²) in [7, 11) is 0. The number of anilines is 1. The molecule has 3 N–H and O–H groups in total. The van der Waals surface area contributed by atoms with E-state index in [1.54, 1.807) is 48.5 Å². The van der Waals surface area contributed by atoms with Crippen molar-refractivity contribution in [1.82, 2.24) is 10.6 Å². The molecule has 0 unspecified atom stereocenters. The lowest BCUT2D eigenvalue weighted by atomic mass is 10.1. The minimum absolute atomic E-state index is 0.217. The van der Waals surface area contributed by atoms with Crippen LogP contribution in [0, 0.1) is 6.92 Å². The molecule has 3 aromatic rings. The summed E-state index contributed by atoms with van der Waals surface area (Å²) in [5, 5.41) is 8.94. The number of amides is 3. The van der Waals surface area contributed by atoms with Crippen LogP contribution >= 0.6 is 23.2 Å². The second-order valence-corrected chi connectivity index (χ2v) is 8.21. The molecule has 3 amide bonds. The fourth-order valence-electron chi connectivity index (χ4n) is 2.88. The van der Waals surface area contributed by atoms with E-state index in [0.717, 1.165) is 5.56 Å². The largest absolute Gasteiger partial charge is 0.482 e. The summed E-state index contributed by atoms with van der Waals surface area (Å²) in [4.78, 5) is 36.5. The van der Waals surface area contributed by atoms with Crippen LogP contribution < -0.4 is 20.7 Å². The Bertz CT molecular complexity index is 1170. The van der Waals surface area contributed by atoms with Gasteiger partial charge >= 0.3 is 0 Å². The van der Waals surface area contributed by atoms with Crippen LogP contribution in [0.4, 0.5) is 5.69 Å². The van der Waals surface area contributed by atoms with Gasteiger partial charge in [-0.3, -0.25) is 14.4 Å². The topological polar surface area (TPSA) is 96.5 Å². The first kappa shape index (κ1) is 25.1. The minimum atomic E-state index is -0.353. The van der Waals surface area contributed by atoms with Crippen LogP contribution in [0.3, 0.4) is 0 Å². The van der Waals surface area contributed by atoms with Crippen molar-refractivity contribution in [2.45, 2.75) is 6.92 Å². The third-order valence-corrected chi connectivity index (χ3v) is 5.23. The summed E-state index contributed by atoms with van der Waals surface area (Å²) < 4.78 is 5.35. The number of nitrogens with one attached hydrogen (secondary N) is 3. The molecular formula is C25H23Cl2N3O4. The Morgan fingerprint density at radius 1 is 0.794 bits per heavy atom. The third kappa shape index (κ3) is 7.50. The summed E-state index contributed by atoms with van der Waals surface area (Å²) in [6.45, 7) is 2.20. The zero-order valence-electron chi connectivity index (χ0n) is 18.4. The number of aryl methyl sites for hydroxylation is 1. The number of benzene rings is 3. The van der Waals surface area contributed by atoms with Crippen LogP contribution in [0.1, 0.15) is 26.3 Å². The molecule has 0 saturated heterocycles. The molecule has 0 fully saturated rings. The highest BCUT2D eigenvalue weighted by atomic mass is 35.5. The molecule has 0 aromatic heterocycles. The maximum Gasteiger partial charge on any atom is 0.258 e. The molecule has 7 nitrogen and oxygen atoms in total. The summed E-state index contributed by atoms with van der Waals surface area (Å²) in [6, 6.07) is 18.5. The zero-order valence-corrected chi connectivity index (χ0v) is 19.9. The first-order valence-electron chi connectivity index (χ1n) is 10.4. The minimum Gasteiger partial charge on any atom is -0.482 e. The van der Waals surface area contributed by atoms with E-state index in [1.165, 1.54) is 6.07 Å². The van der Waals surface area contributed by atoms with Crippen molar-refractivity contribution in [3.8, 4) is 5.75 Å². The van der Waals surface area contributed by atoms with Crippen molar-refractivity contribution >= 4 is 46.6 Å². The normalized spacial score (nSPS) is 10.3. The van der Waals surface area contributed by atoms with Gasteiger partial charge in [0.1, 0.15) is 5.75 Å². The van der Waals surface area contributed by atoms with Gasteiger partial charge in [-0.05, 0) is 61.5 Å². The van der Waals surface area contributed by atoms with Crippen LogP contribution in [-0.2, 0) is 4.79 Å². The first-order chi connectivity index (χ1) is 16.3. The standard InChI is InChI=1S/C25H23Cl2N3O4/c1-16-2-4-18(5-3-16)25(33)30-20-9-6-17(7-10-20)24(32)29-13-12-28-23(31)15-34-22-11-8-19(26)14-21(22)27/h2-11,14H,12-13,15H2,1H3,(H,28,31)(H,29,32)(H,30,33). The molecule has 0 bridgehead atoms. The predicted octanol–water partition coefficient (Wildman–Crippen LogP) is 4.48. The van der Waals surface area contributed by atoms with E-state index in [2.05, 4.69) is 16.0 Å². The van der Waals surface area contributed by atoms with Gasteiger partial charge in [-0.2, -0.15) is 0 Å². The number of carbonyl (C=O) groups is 3. The highest BCUT2D eigenvalue weighted by Crippen LogP contribution is 2.27. The van der Waals surface area contributed by atoms with Gasteiger partial charge in [0.2, 0.25) is 0 Å². The van der Waals surface area contributed by atoms with E-state index < -0.39 is 0 Å². The number of halogens is 2. The SMILES string of the molecule is Cc1ccc(C(=O)Nc2ccc(C(=O)NCCNC(=O)COc3ccc(Cl)cc3Cl)cc2)cc1. The molecule has 0 saturated carbocycles. The molecule has 0 spiro atoms. The maximum absolute atomic E-state index is 12.3. The van der Waals surface area contributed by atoms with E-state index in [0.29, 0.717) is 32.6 Å². The van der Waals surface area contributed by atoms with E-state index in [4.69, 9.17) is 27.9 Å². The number of rotatable bonds is 9. The van der Waals surface area contributed by atoms with Gasteiger partial charge in [0.05, 0.1) is 5.02 Å². The second-order valence-electron chi connectivity index (χ2n) is 7.37. The lowest BCUT2D eigenvalue weighted by molar-refractivity contribution is -0.123. The highest BCUT2D eigenvalue weighted by Gasteiger charge is 2.09. The van der Waals surface area contributed by atoms with Crippen molar-refractivity contribution < 1.29 is 19.1 Å². The number of carbonyl (C=O) groups excluding carboxylic acids is 3. The zero-order chi connectivity index (χ0) is 24.5. The third-order valence-electron chi connectivity index (χ3n) is 4.70. The van der Waals surface area contributed by atoms with Gasteiger partial charge in [0, 0.05) is 34.9 Å². The van der Waals surface area contributed by atoms with Crippen molar-refractivity contribution in [3.63, 3.8) is 0 Å². The Hall–Kier alpha value is -3.55. The highest BCUT2D eigenvalue weighted by molar-refractivity contribution is 6.35. The van der Waals surface area contributed by atoms with Gasteiger partial charge < -0.3 is 20.7 Å². The van der Waals surface area contributed by atoms with Crippen LogP contribution in [0.2, 0.25) is 10.0 Å². The van der Waals surface area contributed by atoms with Crippen molar-refractivity contribution in [2.75, 3.05) is 25.0 Å².